The fourth-order valence-corrected chi connectivity index (χ4v) is 2.82. The SMILES string of the molecule is CC(C)(C)c1nnc2ccc(NCCc3cc4ccccc4o3)nn12. The van der Waals surface area contributed by atoms with Gasteiger partial charge >= 0.3 is 0 Å². The van der Waals surface area contributed by atoms with E-state index in [0.29, 0.717) is 0 Å². The van der Waals surface area contributed by atoms with Gasteiger partial charge in [0.2, 0.25) is 0 Å². The summed E-state index contributed by atoms with van der Waals surface area (Å²) in [4.78, 5) is 0. The summed E-state index contributed by atoms with van der Waals surface area (Å²) in [5.41, 5.74) is 1.57. The van der Waals surface area contributed by atoms with Gasteiger partial charge in [0.05, 0.1) is 0 Å². The van der Waals surface area contributed by atoms with Crippen molar-refractivity contribution in [2.75, 3.05) is 11.9 Å². The molecule has 6 nitrogen and oxygen atoms in total. The highest BCUT2D eigenvalue weighted by molar-refractivity contribution is 5.77. The van der Waals surface area contributed by atoms with Gasteiger partial charge in [0.1, 0.15) is 17.2 Å². The molecule has 3 heterocycles. The van der Waals surface area contributed by atoms with Gasteiger partial charge < -0.3 is 9.73 Å². The van der Waals surface area contributed by atoms with Gasteiger partial charge in [0.15, 0.2) is 11.5 Å². The molecule has 25 heavy (non-hydrogen) atoms. The number of benzene rings is 1. The first-order valence-corrected chi connectivity index (χ1v) is 8.45. The summed E-state index contributed by atoms with van der Waals surface area (Å²) < 4.78 is 7.65. The highest BCUT2D eigenvalue weighted by atomic mass is 16.3. The Morgan fingerprint density at radius 2 is 1.92 bits per heavy atom. The van der Waals surface area contributed by atoms with Gasteiger partial charge in [-0.05, 0) is 24.3 Å². The summed E-state index contributed by atoms with van der Waals surface area (Å²) in [7, 11) is 0. The van der Waals surface area contributed by atoms with Crippen LogP contribution in [0.5, 0.6) is 0 Å². The van der Waals surface area contributed by atoms with Crippen molar-refractivity contribution in [3.63, 3.8) is 0 Å². The van der Waals surface area contributed by atoms with Gasteiger partial charge in [-0.15, -0.1) is 15.3 Å². The Balaban J connectivity index is 1.49. The van der Waals surface area contributed by atoms with Gasteiger partial charge in [0, 0.05) is 23.8 Å². The van der Waals surface area contributed by atoms with E-state index in [9.17, 15) is 0 Å². The lowest BCUT2D eigenvalue weighted by Gasteiger charge is -2.15. The molecule has 0 unspecified atom stereocenters. The Morgan fingerprint density at radius 3 is 2.72 bits per heavy atom. The number of hydrogen-bond donors (Lipinski definition) is 1. The molecule has 6 heteroatoms. The number of rotatable bonds is 4. The zero-order valence-electron chi connectivity index (χ0n) is 14.7. The molecule has 1 N–H and O–H groups in total. The lowest BCUT2D eigenvalue weighted by molar-refractivity contribution is 0.527. The van der Waals surface area contributed by atoms with Crippen molar-refractivity contribution in [1.82, 2.24) is 19.8 Å². The molecule has 0 radical (unpaired) electrons. The highest BCUT2D eigenvalue weighted by Gasteiger charge is 2.21. The summed E-state index contributed by atoms with van der Waals surface area (Å²) in [6.07, 6.45) is 0.794. The molecule has 128 valence electrons. The number of aromatic nitrogens is 4. The topological polar surface area (TPSA) is 68.2 Å². The van der Waals surface area contributed by atoms with Gasteiger partial charge in [-0.1, -0.05) is 39.0 Å². The van der Waals surface area contributed by atoms with Gasteiger partial charge in [-0.25, -0.2) is 0 Å². The van der Waals surface area contributed by atoms with Crippen LogP contribution in [-0.4, -0.2) is 26.4 Å². The molecule has 0 spiro atoms. The second-order valence-electron chi connectivity index (χ2n) is 7.19. The van der Waals surface area contributed by atoms with Crippen molar-refractivity contribution >= 4 is 22.4 Å². The average molecular weight is 335 g/mol. The molecule has 0 amide bonds. The monoisotopic (exact) mass is 335 g/mol. The van der Waals surface area contributed by atoms with Crippen molar-refractivity contribution in [2.24, 2.45) is 0 Å². The van der Waals surface area contributed by atoms with Crippen LogP contribution in [0.4, 0.5) is 5.82 Å². The van der Waals surface area contributed by atoms with Crippen LogP contribution in [0, 0.1) is 0 Å². The summed E-state index contributed by atoms with van der Waals surface area (Å²) in [5.74, 6) is 2.62. The zero-order valence-corrected chi connectivity index (χ0v) is 14.7. The zero-order chi connectivity index (χ0) is 17.4. The largest absolute Gasteiger partial charge is 0.461 e. The van der Waals surface area contributed by atoms with Crippen LogP contribution in [-0.2, 0) is 11.8 Å². The van der Waals surface area contributed by atoms with Crippen LogP contribution in [0.15, 0.2) is 46.9 Å². The fourth-order valence-electron chi connectivity index (χ4n) is 2.82. The molecule has 0 fully saturated rings. The second kappa shape index (κ2) is 5.88. The Labute approximate surface area is 145 Å². The molecule has 3 aromatic heterocycles. The van der Waals surface area contributed by atoms with E-state index in [1.807, 2.05) is 34.8 Å². The molecule has 1 aromatic carbocycles. The third kappa shape index (κ3) is 3.07. The van der Waals surface area contributed by atoms with E-state index >= 15 is 0 Å². The normalized spacial score (nSPS) is 12.1. The van der Waals surface area contributed by atoms with Crippen LogP contribution in [0.1, 0.15) is 32.4 Å². The average Bonchev–Trinajstić information content (AvgIpc) is 3.17. The van der Waals surface area contributed by atoms with Crippen LogP contribution in [0.2, 0.25) is 0 Å². The van der Waals surface area contributed by atoms with E-state index in [2.05, 4.69) is 53.5 Å². The summed E-state index contributed by atoms with van der Waals surface area (Å²) in [6.45, 7) is 7.05. The third-order valence-electron chi connectivity index (χ3n) is 4.09. The summed E-state index contributed by atoms with van der Waals surface area (Å²) in [5, 5.41) is 17.6. The molecular formula is C19H21N5O. The van der Waals surface area contributed by atoms with Gasteiger partial charge in [0.25, 0.3) is 0 Å². The van der Waals surface area contributed by atoms with Crippen molar-refractivity contribution in [3.8, 4) is 0 Å². The minimum absolute atomic E-state index is 0.112. The smallest absolute Gasteiger partial charge is 0.178 e. The number of anilines is 1. The lowest BCUT2D eigenvalue weighted by atomic mass is 9.96. The maximum absolute atomic E-state index is 5.84. The van der Waals surface area contributed by atoms with Gasteiger partial charge in [-0.3, -0.25) is 0 Å². The number of nitrogens with zero attached hydrogens (tertiary/aromatic N) is 4. The first-order chi connectivity index (χ1) is 12.0. The second-order valence-corrected chi connectivity index (χ2v) is 7.19. The summed E-state index contributed by atoms with van der Waals surface area (Å²) in [6, 6.07) is 14.0. The molecule has 0 bridgehead atoms. The molecule has 0 aliphatic carbocycles. The third-order valence-corrected chi connectivity index (χ3v) is 4.09. The van der Waals surface area contributed by atoms with Crippen LogP contribution in [0.25, 0.3) is 16.6 Å². The number of para-hydroxylation sites is 1. The minimum atomic E-state index is -0.112. The Morgan fingerprint density at radius 1 is 1.08 bits per heavy atom. The molecule has 4 aromatic rings. The quantitative estimate of drug-likeness (QED) is 0.614. The minimum Gasteiger partial charge on any atom is -0.461 e. The number of nitrogens with one attached hydrogen (secondary N) is 1. The Bertz CT molecular complexity index is 992. The predicted octanol–water partition coefficient (Wildman–Crippen LogP) is 3.82. The highest BCUT2D eigenvalue weighted by Crippen LogP contribution is 2.21. The standard InChI is InChI=1S/C19H21N5O/c1-19(2,3)18-22-21-17-9-8-16(23-24(17)18)20-11-10-14-12-13-6-4-5-7-15(13)25-14/h4-9,12H,10-11H2,1-3H3,(H,20,23). The van der Waals surface area contributed by atoms with E-state index in [0.717, 1.165) is 47.0 Å². The maximum Gasteiger partial charge on any atom is 0.178 e. The van der Waals surface area contributed by atoms with Crippen LogP contribution in [0.3, 0.4) is 0 Å². The van der Waals surface area contributed by atoms with E-state index in [-0.39, 0.29) is 5.41 Å². The molecule has 0 aliphatic heterocycles. The lowest BCUT2D eigenvalue weighted by Crippen LogP contribution is -2.18. The van der Waals surface area contributed by atoms with Crippen molar-refractivity contribution in [3.05, 3.63) is 54.0 Å². The molecule has 4 rings (SSSR count). The predicted molar refractivity (Wildman–Crippen MR) is 97.9 cm³/mol. The van der Waals surface area contributed by atoms with E-state index in [1.165, 1.54) is 0 Å². The van der Waals surface area contributed by atoms with Crippen LogP contribution >= 0.6 is 0 Å². The molecular weight excluding hydrogens is 314 g/mol. The first kappa shape index (κ1) is 15.6. The van der Waals surface area contributed by atoms with E-state index in [1.54, 1.807) is 0 Å². The Hall–Kier alpha value is -2.89. The van der Waals surface area contributed by atoms with Crippen molar-refractivity contribution < 1.29 is 4.42 Å². The fraction of sp³-hybridized carbons (Fsp3) is 0.316. The number of hydrogen-bond acceptors (Lipinski definition) is 5. The van der Waals surface area contributed by atoms with Crippen molar-refractivity contribution in [2.45, 2.75) is 32.6 Å². The molecule has 0 saturated carbocycles. The van der Waals surface area contributed by atoms with E-state index < -0.39 is 0 Å². The van der Waals surface area contributed by atoms with Crippen molar-refractivity contribution in [1.29, 1.82) is 0 Å². The maximum atomic E-state index is 5.84. The first-order valence-electron chi connectivity index (χ1n) is 8.45. The number of furan rings is 1. The van der Waals surface area contributed by atoms with Crippen LogP contribution < -0.4 is 5.32 Å². The molecule has 0 aliphatic rings. The van der Waals surface area contributed by atoms with E-state index in [4.69, 9.17) is 4.42 Å². The molecule has 0 saturated heterocycles. The molecule has 0 atom stereocenters. The Kier molecular flexibility index (Phi) is 3.67. The summed E-state index contributed by atoms with van der Waals surface area (Å²) >= 11 is 0. The van der Waals surface area contributed by atoms with Gasteiger partial charge in [-0.2, -0.15) is 4.52 Å². The number of fused-ring (bicyclic) bond motifs is 2.